The van der Waals surface area contributed by atoms with Crippen LogP contribution in [0.25, 0.3) is 0 Å². The van der Waals surface area contributed by atoms with Crippen LogP contribution in [-0.4, -0.2) is 30.7 Å². The average molecular weight is 384 g/mol. The summed E-state index contributed by atoms with van der Waals surface area (Å²) in [5.41, 5.74) is 4.38. The summed E-state index contributed by atoms with van der Waals surface area (Å²) in [7, 11) is 0. The highest BCUT2D eigenvalue weighted by molar-refractivity contribution is 7.80. The molecule has 142 valence electrons. The van der Waals surface area contributed by atoms with Gasteiger partial charge in [-0.25, -0.2) is 0 Å². The van der Waals surface area contributed by atoms with E-state index in [9.17, 15) is 4.79 Å². The van der Waals surface area contributed by atoms with Gasteiger partial charge >= 0.3 is 0 Å². The van der Waals surface area contributed by atoms with E-state index in [2.05, 4.69) is 27.7 Å². The van der Waals surface area contributed by atoms with Crippen LogP contribution < -0.4 is 20.3 Å². The zero-order valence-electron chi connectivity index (χ0n) is 15.7. The van der Waals surface area contributed by atoms with Crippen molar-refractivity contribution in [2.75, 3.05) is 29.9 Å². The molecule has 1 fully saturated rings. The van der Waals surface area contributed by atoms with Crippen LogP contribution in [0.4, 0.5) is 11.4 Å². The molecule has 0 spiro atoms. The summed E-state index contributed by atoms with van der Waals surface area (Å²) in [5.74, 6) is 0.379. The van der Waals surface area contributed by atoms with E-state index in [-0.39, 0.29) is 17.6 Å². The molecule has 27 heavy (non-hydrogen) atoms. The lowest BCUT2D eigenvalue weighted by atomic mass is 10.1. The number of nitrogens with one attached hydrogen (secondary N) is 2. The monoisotopic (exact) mass is 383 g/mol. The minimum atomic E-state index is -0.292. The van der Waals surface area contributed by atoms with Crippen molar-refractivity contribution < 1.29 is 9.53 Å². The second kappa shape index (κ2) is 8.86. The SMILES string of the molecule is Cc1ccc(OCC(=O)NC(=S)Nc2ccc(N3CCCC3)cc2)cc1C. The Hall–Kier alpha value is -2.60. The molecule has 1 aliphatic rings. The number of carbonyl (C=O) groups is 1. The number of nitrogens with zero attached hydrogens (tertiary/aromatic N) is 1. The van der Waals surface area contributed by atoms with Gasteiger partial charge in [-0.15, -0.1) is 0 Å². The fourth-order valence-electron chi connectivity index (χ4n) is 3.01. The third-order valence-corrected chi connectivity index (χ3v) is 4.90. The summed E-state index contributed by atoms with van der Waals surface area (Å²) in [6.45, 7) is 6.19. The van der Waals surface area contributed by atoms with Crippen LogP contribution in [0, 0.1) is 13.8 Å². The summed E-state index contributed by atoms with van der Waals surface area (Å²) in [5, 5.41) is 5.93. The van der Waals surface area contributed by atoms with Gasteiger partial charge in [-0.3, -0.25) is 10.1 Å². The van der Waals surface area contributed by atoms with E-state index in [0.717, 1.165) is 24.3 Å². The van der Waals surface area contributed by atoms with Crippen molar-refractivity contribution in [2.24, 2.45) is 0 Å². The molecule has 5 nitrogen and oxygen atoms in total. The Kier molecular flexibility index (Phi) is 6.29. The molecular formula is C21H25N3O2S. The van der Waals surface area contributed by atoms with Gasteiger partial charge in [0.25, 0.3) is 5.91 Å². The third-order valence-electron chi connectivity index (χ3n) is 4.70. The number of hydrogen-bond acceptors (Lipinski definition) is 4. The maximum Gasteiger partial charge on any atom is 0.264 e. The van der Waals surface area contributed by atoms with Gasteiger partial charge in [0.05, 0.1) is 0 Å². The van der Waals surface area contributed by atoms with Crippen LogP contribution in [0.3, 0.4) is 0 Å². The standard InChI is InChI=1S/C21H25N3O2S/c1-15-5-10-19(13-16(15)2)26-14-20(25)23-21(27)22-17-6-8-18(9-7-17)24-11-3-4-12-24/h5-10,13H,3-4,11-12,14H2,1-2H3,(H2,22,23,25,27). The van der Waals surface area contributed by atoms with E-state index < -0.39 is 0 Å². The van der Waals surface area contributed by atoms with Gasteiger partial charge in [0.15, 0.2) is 11.7 Å². The normalized spacial score (nSPS) is 13.3. The molecule has 2 aromatic rings. The Morgan fingerprint density at radius 1 is 1.07 bits per heavy atom. The summed E-state index contributed by atoms with van der Waals surface area (Å²) >= 11 is 5.21. The van der Waals surface area contributed by atoms with Crippen molar-refractivity contribution in [3.63, 3.8) is 0 Å². The Balaban J connectivity index is 1.45. The number of anilines is 2. The first-order valence-electron chi connectivity index (χ1n) is 9.17. The average Bonchev–Trinajstić information content (AvgIpc) is 3.18. The summed E-state index contributed by atoms with van der Waals surface area (Å²) in [6.07, 6.45) is 2.50. The lowest BCUT2D eigenvalue weighted by Crippen LogP contribution is -2.37. The van der Waals surface area contributed by atoms with E-state index in [1.807, 2.05) is 44.2 Å². The molecule has 0 atom stereocenters. The van der Waals surface area contributed by atoms with Gasteiger partial charge in [-0.2, -0.15) is 0 Å². The zero-order chi connectivity index (χ0) is 19.2. The van der Waals surface area contributed by atoms with Gasteiger partial charge in [-0.1, -0.05) is 6.07 Å². The van der Waals surface area contributed by atoms with Crippen LogP contribution in [-0.2, 0) is 4.79 Å². The predicted molar refractivity (Wildman–Crippen MR) is 114 cm³/mol. The van der Waals surface area contributed by atoms with Crippen molar-refractivity contribution in [2.45, 2.75) is 26.7 Å². The van der Waals surface area contributed by atoms with Gasteiger partial charge < -0.3 is 15.0 Å². The van der Waals surface area contributed by atoms with E-state index in [0.29, 0.717) is 5.75 Å². The smallest absolute Gasteiger partial charge is 0.264 e. The van der Waals surface area contributed by atoms with Crippen LogP contribution in [0.15, 0.2) is 42.5 Å². The molecule has 0 bridgehead atoms. The third kappa shape index (κ3) is 5.44. The molecule has 6 heteroatoms. The molecule has 0 saturated carbocycles. The molecule has 0 radical (unpaired) electrons. The number of thiocarbonyl (C=S) groups is 1. The Bertz CT molecular complexity index is 815. The maximum absolute atomic E-state index is 12.0. The van der Waals surface area contributed by atoms with Crippen LogP contribution in [0.2, 0.25) is 0 Å². The van der Waals surface area contributed by atoms with E-state index >= 15 is 0 Å². The van der Waals surface area contributed by atoms with E-state index in [4.69, 9.17) is 17.0 Å². The summed E-state index contributed by atoms with van der Waals surface area (Å²) in [4.78, 5) is 14.4. The number of amides is 1. The topological polar surface area (TPSA) is 53.6 Å². The lowest BCUT2D eigenvalue weighted by Gasteiger charge is -2.18. The highest BCUT2D eigenvalue weighted by atomic mass is 32.1. The Morgan fingerprint density at radius 2 is 1.78 bits per heavy atom. The largest absolute Gasteiger partial charge is 0.484 e. The molecule has 3 rings (SSSR count). The molecule has 1 heterocycles. The van der Waals surface area contributed by atoms with E-state index in [1.165, 1.54) is 24.1 Å². The molecular weight excluding hydrogens is 358 g/mol. The van der Waals surface area contributed by atoms with Crippen LogP contribution in [0.5, 0.6) is 5.75 Å². The molecule has 0 aromatic heterocycles. The fourth-order valence-corrected chi connectivity index (χ4v) is 3.24. The zero-order valence-corrected chi connectivity index (χ0v) is 16.6. The number of hydrogen-bond donors (Lipinski definition) is 2. The predicted octanol–water partition coefficient (Wildman–Crippen LogP) is 3.80. The van der Waals surface area contributed by atoms with Crippen molar-refractivity contribution >= 4 is 34.6 Å². The van der Waals surface area contributed by atoms with Gasteiger partial charge in [0, 0.05) is 24.5 Å². The van der Waals surface area contributed by atoms with Gasteiger partial charge in [0.2, 0.25) is 0 Å². The number of aryl methyl sites for hydroxylation is 2. The first kappa shape index (κ1) is 19.2. The number of carbonyl (C=O) groups excluding carboxylic acids is 1. The second-order valence-electron chi connectivity index (χ2n) is 6.78. The molecule has 1 aliphatic heterocycles. The molecule has 1 amide bonds. The van der Waals surface area contributed by atoms with Crippen LogP contribution >= 0.6 is 12.2 Å². The summed E-state index contributed by atoms with van der Waals surface area (Å²) < 4.78 is 5.52. The number of rotatable bonds is 5. The summed E-state index contributed by atoms with van der Waals surface area (Å²) in [6, 6.07) is 13.8. The molecule has 0 unspecified atom stereocenters. The Morgan fingerprint density at radius 3 is 2.44 bits per heavy atom. The van der Waals surface area contributed by atoms with Crippen LogP contribution in [0.1, 0.15) is 24.0 Å². The van der Waals surface area contributed by atoms with Crippen molar-refractivity contribution in [3.05, 3.63) is 53.6 Å². The number of benzene rings is 2. The quantitative estimate of drug-likeness (QED) is 0.770. The fraction of sp³-hybridized carbons (Fsp3) is 0.333. The minimum absolute atomic E-state index is 0.0851. The first-order valence-corrected chi connectivity index (χ1v) is 9.58. The molecule has 2 aromatic carbocycles. The van der Waals surface area contributed by atoms with Crippen molar-refractivity contribution in [3.8, 4) is 5.75 Å². The molecule has 2 N–H and O–H groups in total. The highest BCUT2D eigenvalue weighted by Crippen LogP contribution is 2.22. The van der Waals surface area contributed by atoms with E-state index in [1.54, 1.807) is 0 Å². The highest BCUT2D eigenvalue weighted by Gasteiger charge is 2.12. The molecule has 0 aliphatic carbocycles. The molecule has 1 saturated heterocycles. The lowest BCUT2D eigenvalue weighted by molar-refractivity contribution is -0.121. The van der Waals surface area contributed by atoms with Gasteiger partial charge in [0.1, 0.15) is 5.75 Å². The second-order valence-corrected chi connectivity index (χ2v) is 7.19. The number of ether oxygens (including phenoxy) is 1. The Labute approximate surface area is 165 Å². The first-order chi connectivity index (χ1) is 13.0. The van der Waals surface area contributed by atoms with Crippen molar-refractivity contribution in [1.29, 1.82) is 0 Å². The minimum Gasteiger partial charge on any atom is -0.484 e. The van der Waals surface area contributed by atoms with Crippen molar-refractivity contribution in [1.82, 2.24) is 5.32 Å². The maximum atomic E-state index is 12.0. The van der Waals surface area contributed by atoms with Gasteiger partial charge in [-0.05, 0) is 86.4 Å².